The van der Waals surface area contributed by atoms with Crippen molar-refractivity contribution in [2.24, 2.45) is 5.73 Å². The van der Waals surface area contributed by atoms with Crippen LogP contribution < -0.4 is 11.1 Å². The van der Waals surface area contributed by atoms with E-state index < -0.39 is 0 Å². The Kier molecular flexibility index (Phi) is 2.56. The zero-order valence-electron chi connectivity index (χ0n) is 5.91. The molecule has 2 unspecified atom stereocenters. The van der Waals surface area contributed by atoms with Crippen LogP contribution in [0.4, 0.5) is 0 Å². The number of amides is 1. The molecule has 3 atom stereocenters. The molecule has 0 aromatic heterocycles. The smallest absolute Gasteiger partial charge is 0.207 e. The predicted octanol–water partition coefficient (Wildman–Crippen LogP) is -0.436. The van der Waals surface area contributed by atoms with Crippen LogP contribution in [0, 0.1) is 0 Å². The number of thioether (sulfide) groups is 1. The SMILES string of the molecule is C[C@H]1SCC(NC=O)C1N. The van der Waals surface area contributed by atoms with Crippen molar-refractivity contribution in [2.45, 2.75) is 24.3 Å². The highest BCUT2D eigenvalue weighted by atomic mass is 32.2. The van der Waals surface area contributed by atoms with E-state index in [9.17, 15) is 4.79 Å². The van der Waals surface area contributed by atoms with E-state index in [1.807, 2.05) is 0 Å². The van der Waals surface area contributed by atoms with Gasteiger partial charge in [-0.15, -0.1) is 0 Å². The molecule has 1 saturated heterocycles. The molecule has 0 aromatic rings. The molecule has 10 heavy (non-hydrogen) atoms. The van der Waals surface area contributed by atoms with Crippen LogP contribution in [0.1, 0.15) is 6.92 Å². The van der Waals surface area contributed by atoms with Gasteiger partial charge in [0.25, 0.3) is 0 Å². The lowest BCUT2D eigenvalue weighted by Gasteiger charge is -2.15. The van der Waals surface area contributed by atoms with E-state index in [1.54, 1.807) is 11.8 Å². The third-order valence-electron chi connectivity index (χ3n) is 1.83. The van der Waals surface area contributed by atoms with Gasteiger partial charge in [-0.05, 0) is 0 Å². The number of rotatable bonds is 2. The minimum absolute atomic E-state index is 0.121. The minimum atomic E-state index is 0.121. The molecule has 0 bridgehead atoms. The molecule has 1 rings (SSSR count). The zero-order valence-corrected chi connectivity index (χ0v) is 6.73. The van der Waals surface area contributed by atoms with E-state index in [1.165, 1.54) is 0 Å². The Morgan fingerprint density at radius 2 is 2.50 bits per heavy atom. The molecule has 0 aliphatic carbocycles. The van der Waals surface area contributed by atoms with Crippen LogP contribution in [0.3, 0.4) is 0 Å². The summed E-state index contributed by atoms with van der Waals surface area (Å²) in [6.45, 7) is 2.09. The average Bonchev–Trinajstić information content (AvgIpc) is 2.20. The summed E-state index contributed by atoms with van der Waals surface area (Å²) in [6.07, 6.45) is 0.725. The number of nitrogens with one attached hydrogen (secondary N) is 1. The van der Waals surface area contributed by atoms with Crippen molar-refractivity contribution < 1.29 is 4.79 Å². The molecule has 0 radical (unpaired) electrons. The molecule has 3 nitrogen and oxygen atoms in total. The van der Waals surface area contributed by atoms with Crippen LogP contribution in [-0.2, 0) is 4.79 Å². The van der Waals surface area contributed by atoms with Crippen molar-refractivity contribution in [1.29, 1.82) is 0 Å². The van der Waals surface area contributed by atoms with Crippen molar-refractivity contribution in [3.8, 4) is 0 Å². The first kappa shape index (κ1) is 7.88. The van der Waals surface area contributed by atoms with Gasteiger partial charge in [0, 0.05) is 17.0 Å². The summed E-state index contributed by atoms with van der Waals surface area (Å²) in [7, 11) is 0. The van der Waals surface area contributed by atoms with E-state index in [2.05, 4.69) is 12.2 Å². The molecule has 4 heteroatoms. The Morgan fingerprint density at radius 3 is 2.90 bits per heavy atom. The third kappa shape index (κ3) is 1.44. The van der Waals surface area contributed by atoms with E-state index >= 15 is 0 Å². The van der Waals surface area contributed by atoms with E-state index in [0.717, 1.165) is 12.2 Å². The first-order valence-corrected chi connectivity index (χ1v) is 4.37. The molecule has 0 saturated carbocycles. The van der Waals surface area contributed by atoms with Crippen LogP contribution in [-0.4, -0.2) is 29.5 Å². The van der Waals surface area contributed by atoms with Gasteiger partial charge in [-0.25, -0.2) is 0 Å². The number of carbonyl (C=O) groups excluding carboxylic acids is 1. The molecule has 3 N–H and O–H groups in total. The topological polar surface area (TPSA) is 55.1 Å². The fourth-order valence-corrected chi connectivity index (χ4v) is 2.29. The number of hydrogen-bond donors (Lipinski definition) is 2. The Balaban J connectivity index is 2.40. The van der Waals surface area contributed by atoms with Crippen molar-refractivity contribution in [3.63, 3.8) is 0 Å². The van der Waals surface area contributed by atoms with Gasteiger partial charge in [0.1, 0.15) is 0 Å². The largest absolute Gasteiger partial charge is 0.354 e. The first-order valence-electron chi connectivity index (χ1n) is 3.32. The van der Waals surface area contributed by atoms with Crippen LogP contribution in [0.5, 0.6) is 0 Å². The van der Waals surface area contributed by atoms with Crippen LogP contribution in [0.25, 0.3) is 0 Å². The summed E-state index contributed by atoms with van der Waals surface area (Å²) < 4.78 is 0. The summed E-state index contributed by atoms with van der Waals surface area (Å²) in [5, 5.41) is 3.17. The lowest BCUT2D eigenvalue weighted by atomic mass is 10.1. The second kappa shape index (κ2) is 3.25. The van der Waals surface area contributed by atoms with E-state index in [-0.39, 0.29) is 12.1 Å². The highest BCUT2D eigenvalue weighted by Gasteiger charge is 2.30. The quantitative estimate of drug-likeness (QED) is 0.539. The van der Waals surface area contributed by atoms with Gasteiger partial charge < -0.3 is 11.1 Å². The zero-order chi connectivity index (χ0) is 7.56. The minimum Gasteiger partial charge on any atom is -0.354 e. The summed E-state index contributed by atoms with van der Waals surface area (Å²) >= 11 is 1.81. The van der Waals surface area contributed by atoms with E-state index in [0.29, 0.717) is 5.25 Å². The Morgan fingerprint density at radius 1 is 1.80 bits per heavy atom. The summed E-state index contributed by atoms with van der Waals surface area (Å²) in [6, 6.07) is 0.299. The molecule has 1 heterocycles. The highest BCUT2D eigenvalue weighted by Crippen LogP contribution is 2.24. The standard InChI is InChI=1S/C6H12N2OS/c1-4-6(7)5(2-10-4)8-3-9/h3-6H,2,7H2,1H3,(H,8,9)/t4-,5?,6?/m1/s1. The lowest BCUT2D eigenvalue weighted by molar-refractivity contribution is -0.110. The van der Waals surface area contributed by atoms with Gasteiger partial charge in [0.15, 0.2) is 0 Å². The van der Waals surface area contributed by atoms with Gasteiger partial charge >= 0.3 is 0 Å². The molecule has 1 aliphatic heterocycles. The Hall–Kier alpha value is -0.220. The average molecular weight is 160 g/mol. The van der Waals surface area contributed by atoms with Crippen LogP contribution in [0.15, 0.2) is 0 Å². The fourth-order valence-electron chi connectivity index (χ4n) is 1.05. The first-order chi connectivity index (χ1) is 4.75. The third-order valence-corrected chi connectivity index (χ3v) is 3.22. The molecule has 58 valence electrons. The Labute approximate surface area is 64.7 Å². The second-order valence-corrected chi connectivity index (χ2v) is 3.92. The molecule has 0 aromatic carbocycles. The van der Waals surface area contributed by atoms with Crippen LogP contribution in [0.2, 0.25) is 0 Å². The summed E-state index contributed by atoms with van der Waals surface area (Å²) in [4.78, 5) is 10.0. The number of carbonyl (C=O) groups is 1. The predicted molar refractivity (Wildman–Crippen MR) is 42.9 cm³/mol. The van der Waals surface area contributed by atoms with Gasteiger partial charge in [-0.2, -0.15) is 11.8 Å². The van der Waals surface area contributed by atoms with Gasteiger partial charge in [-0.3, -0.25) is 4.79 Å². The lowest BCUT2D eigenvalue weighted by Crippen LogP contribution is -2.45. The monoisotopic (exact) mass is 160 g/mol. The molecule has 1 fully saturated rings. The van der Waals surface area contributed by atoms with Crippen molar-refractivity contribution in [3.05, 3.63) is 0 Å². The summed E-state index contributed by atoms with van der Waals surface area (Å²) in [5.74, 6) is 0.946. The van der Waals surface area contributed by atoms with E-state index in [4.69, 9.17) is 5.73 Å². The van der Waals surface area contributed by atoms with Crippen molar-refractivity contribution in [1.82, 2.24) is 5.32 Å². The summed E-state index contributed by atoms with van der Waals surface area (Å²) in [5.41, 5.74) is 5.77. The van der Waals surface area contributed by atoms with Gasteiger partial charge in [0.05, 0.1) is 6.04 Å². The second-order valence-electron chi connectivity index (χ2n) is 2.51. The number of nitrogens with two attached hydrogens (primary N) is 1. The maximum atomic E-state index is 10.0. The normalized spacial score (nSPS) is 39.6. The Bertz CT molecular complexity index is 131. The molecular weight excluding hydrogens is 148 g/mol. The molecule has 1 aliphatic rings. The maximum Gasteiger partial charge on any atom is 0.207 e. The molecule has 1 amide bonds. The van der Waals surface area contributed by atoms with Crippen LogP contribution >= 0.6 is 11.8 Å². The van der Waals surface area contributed by atoms with Gasteiger partial charge in [-0.1, -0.05) is 6.92 Å². The molecular formula is C6H12N2OS. The fraction of sp³-hybridized carbons (Fsp3) is 0.833. The number of hydrogen-bond acceptors (Lipinski definition) is 3. The van der Waals surface area contributed by atoms with Crippen molar-refractivity contribution in [2.75, 3.05) is 5.75 Å². The van der Waals surface area contributed by atoms with Gasteiger partial charge in [0.2, 0.25) is 6.41 Å². The highest BCUT2D eigenvalue weighted by molar-refractivity contribution is 8.00. The van der Waals surface area contributed by atoms with Crippen molar-refractivity contribution >= 4 is 18.2 Å². The molecule has 0 spiro atoms. The maximum absolute atomic E-state index is 10.0.